The van der Waals surface area contributed by atoms with Gasteiger partial charge in [0.25, 0.3) is 11.6 Å². The van der Waals surface area contributed by atoms with Crippen molar-refractivity contribution in [1.82, 2.24) is 4.90 Å². The SMILES string of the molecule is CC(=O)OC1C(N2CC(OC(C)(C)C)=CC2=O)c2cc([N+](=O)[O-])ccc2OC1(C)C. The van der Waals surface area contributed by atoms with E-state index >= 15 is 0 Å². The fourth-order valence-corrected chi connectivity index (χ4v) is 3.78. The summed E-state index contributed by atoms with van der Waals surface area (Å²) in [6.07, 6.45) is 0.520. The van der Waals surface area contributed by atoms with Crippen LogP contribution in [0.2, 0.25) is 0 Å². The minimum absolute atomic E-state index is 0.144. The minimum atomic E-state index is -0.979. The molecule has 0 saturated heterocycles. The average molecular weight is 418 g/mol. The van der Waals surface area contributed by atoms with Gasteiger partial charge in [-0.2, -0.15) is 0 Å². The number of nitro benzene ring substituents is 1. The van der Waals surface area contributed by atoms with E-state index in [1.165, 1.54) is 36.1 Å². The maximum Gasteiger partial charge on any atom is 0.303 e. The molecule has 9 nitrogen and oxygen atoms in total. The Kier molecular flexibility index (Phi) is 5.26. The molecule has 0 aliphatic carbocycles. The van der Waals surface area contributed by atoms with Crippen LogP contribution in [0.3, 0.4) is 0 Å². The summed E-state index contributed by atoms with van der Waals surface area (Å²) in [5.74, 6) is 0.00947. The second-order valence-corrected chi connectivity index (χ2v) is 8.95. The van der Waals surface area contributed by atoms with E-state index in [1.54, 1.807) is 13.8 Å². The zero-order chi connectivity index (χ0) is 22.4. The first kappa shape index (κ1) is 21.6. The normalized spacial score (nSPS) is 22.7. The van der Waals surface area contributed by atoms with Gasteiger partial charge in [0.2, 0.25) is 0 Å². The van der Waals surface area contributed by atoms with Crippen molar-refractivity contribution in [2.24, 2.45) is 0 Å². The Balaban J connectivity index is 2.08. The van der Waals surface area contributed by atoms with Crippen LogP contribution < -0.4 is 4.74 Å². The monoisotopic (exact) mass is 418 g/mol. The smallest absolute Gasteiger partial charge is 0.303 e. The minimum Gasteiger partial charge on any atom is -0.490 e. The molecule has 0 fully saturated rings. The fraction of sp³-hybridized carbons (Fsp3) is 0.524. The second-order valence-electron chi connectivity index (χ2n) is 8.95. The van der Waals surface area contributed by atoms with E-state index < -0.39 is 34.2 Å². The van der Waals surface area contributed by atoms with Crippen LogP contribution in [0, 0.1) is 10.1 Å². The summed E-state index contributed by atoms with van der Waals surface area (Å²) in [5.41, 5.74) is -1.21. The first-order valence-electron chi connectivity index (χ1n) is 9.63. The lowest BCUT2D eigenvalue weighted by Gasteiger charge is -2.46. The lowest BCUT2D eigenvalue weighted by molar-refractivity contribution is -0.385. The van der Waals surface area contributed by atoms with Crippen molar-refractivity contribution in [2.45, 2.75) is 64.9 Å². The summed E-state index contributed by atoms with van der Waals surface area (Å²) in [4.78, 5) is 37.1. The zero-order valence-corrected chi connectivity index (χ0v) is 17.9. The van der Waals surface area contributed by atoms with Crippen LogP contribution >= 0.6 is 0 Å². The van der Waals surface area contributed by atoms with Gasteiger partial charge in [0, 0.05) is 30.7 Å². The molecule has 2 aliphatic rings. The molecule has 0 saturated carbocycles. The van der Waals surface area contributed by atoms with Crippen molar-refractivity contribution in [1.29, 1.82) is 0 Å². The summed E-state index contributed by atoms with van der Waals surface area (Å²) in [6, 6.07) is 3.43. The van der Waals surface area contributed by atoms with Gasteiger partial charge in [0.05, 0.1) is 11.5 Å². The van der Waals surface area contributed by atoms with Crippen LogP contribution in [0.15, 0.2) is 30.0 Å². The number of non-ortho nitro benzene ring substituents is 1. The number of hydrogen-bond donors (Lipinski definition) is 0. The van der Waals surface area contributed by atoms with E-state index in [1.807, 2.05) is 20.8 Å². The molecule has 3 rings (SSSR count). The second kappa shape index (κ2) is 7.30. The van der Waals surface area contributed by atoms with Crippen molar-refractivity contribution in [2.75, 3.05) is 6.54 Å². The number of benzene rings is 1. The topological polar surface area (TPSA) is 108 Å². The van der Waals surface area contributed by atoms with Crippen LogP contribution in [0.4, 0.5) is 5.69 Å². The van der Waals surface area contributed by atoms with Gasteiger partial charge in [-0.3, -0.25) is 19.7 Å². The number of amides is 1. The maximum atomic E-state index is 12.9. The highest BCUT2D eigenvalue weighted by molar-refractivity contribution is 5.91. The van der Waals surface area contributed by atoms with Gasteiger partial charge in [-0.25, -0.2) is 0 Å². The third kappa shape index (κ3) is 4.24. The van der Waals surface area contributed by atoms with Crippen LogP contribution in [0.25, 0.3) is 0 Å². The molecular weight excluding hydrogens is 392 g/mol. The number of hydrogen-bond acceptors (Lipinski definition) is 7. The molecule has 162 valence electrons. The lowest BCUT2D eigenvalue weighted by atomic mass is 9.85. The van der Waals surface area contributed by atoms with Gasteiger partial charge in [0.15, 0.2) is 6.10 Å². The van der Waals surface area contributed by atoms with Crippen LogP contribution in [0.5, 0.6) is 5.75 Å². The molecule has 0 N–H and O–H groups in total. The van der Waals surface area contributed by atoms with Gasteiger partial charge >= 0.3 is 5.97 Å². The molecule has 1 aromatic rings. The standard InChI is InChI=1S/C21H26N2O7/c1-12(24)28-19-18(22-11-14(10-17(22)25)29-20(2,3)4)15-9-13(23(26)27)7-8-16(15)30-21(19,5)6/h7-10,18-19H,11H2,1-6H3. The predicted molar refractivity (Wildman–Crippen MR) is 107 cm³/mol. The Morgan fingerprint density at radius 3 is 2.57 bits per heavy atom. The third-order valence-corrected chi connectivity index (χ3v) is 4.83. The molecule has 2 unspecified atom stereocenters. The van der Waals surface area contributed by atoms with E-state index in [0.717, 1.165) is 0 Å². The molecule has 9 heteroatoms. The van der Waals surface area contributed by atoms with Gasteiger partial charge in [0.1, 0.15) is 28.8 Å². The highest BCUT2D eigenvalue weighted by Crippen LogP contribution is 2.46. The number of fused-ring (bicyclic) bond motifs is 1. The Morgan fingerprint density at radius 1 is 1.33 bits per heavy atom. The predicted octanol–water partition coefficient (Wildman–Crippen LogP) is 3.28. The van der Waals surface area contributed by atoms with E-state index in [0.29, 0.717) is 17.1 Å². The van der Waals surface area contributed by atoms with Gasteiger partial charge in [-0.15, -0.1) is 0 Å². The summed E-state index contributed by atoms with van der Waals surface area (Å²) < 4.78 is 17.5. The van der Waals surface area contributed by atoms with Crippen molar-refractivity contribution in [3.63, 3.8) is 0 Å². The zero-order valence-electron chi connectivity index (χ0n) is 17.9. The Bertz CT molecular complexity index is 930. The molecule has 0 radical (unpaired) electrons. The largest absolute Gasteiger partial charge is 0.490 e. The number of carbonyl (C=O) groups is 2. The summed E-state index contributed by atoms with van der Waals surface area (Å²) >= 11 is 0. The molecule has 2 heterocycles. The molecule has 2 atom stereocenters. The van der Waals surface area contributed by atoms with Gasteiger partial charge < -0.3 is 19.1 Å². The number of ether oxygens (including phenoxy) is 3. The number of esters is 1. The van der Waals surface area contributed by atoms with E-state index in [4.69, 9.17) is 14.2 Å². The first-order chi connectivity index (χ1) is 13.8. The quantitative estimate of drug-likeness (QED) is 0.419. The van der Waals surface area contributed by atoms with E-state index in [9.17, 15) is 19.7 Å². The lowest BCUT2D eigenvalue weighted by Crippen LogP contribution is -2.55. The number of nitro groups is 1. The summed E-state index contributed by atoms with van der Waals surface area (Å²) in [7, 11) is 0. The van der Waals surface area contributed by atoms with Crippen molar-refractivity contribution < 1.29 is 28.7 Å². The van der Waals surface area contributed by atoms with Gasteiger partial charge in [-0.1, -0.05) is 0 Å². The third-order valence-electron chi connectivity index (χ3n) is 4.83. The molecule has 1 aromatic carbocycles. The molecule has 0 aromatic heterocycles. The summed E-state index contributed by atoms with van der Waals surface area (Å²) in [5, 5.41) is 11.3. The highest BCUT2D eigenvalue weighted by Gasteiger charge is 2.51. The number of nitrogens with zero attached hydrogens (tertiary/aromatic N) is 2. The highest BCUT2D eigenvalue weighted by atomic mass is 16.6. The molecule has 0 spiro atoms. The van der Waals surface area contributed by atoms with E-state index in [2.05, 4.69) is 0 Å². The molecule has 30 heavy (non-hydrogen) atoms. The van der Waals surface area contributed by atoms with Crippen molar-refractivity contribution >= 4 is 17.6 Å². The van der Waals surface area contributed by atoms with E-state index in [-0.39, 0.29) is 18.1 Å². The molecule has 1 amide bonds. The summed E-state index contributed by atoms with van der Waals surface area (Å²) in [6.45, 7) is 10.5. The first-order valence-corrected chi connectivity index (χ1v) is 9.63. The van der Waals surface area contributed by atoms with Gasteiger partial charge in [-0.05, 0) is 40.7 Å². The van der Waals surface area contributed by atoms with Crippen molar-refractivity contribution in [3.8, 4) is 5.75 Å². The number of carbonyl (C=O) groups excluding carboxylic acids is 2. The average Bonchev–Trinajstić information content (AvgIpc) is 2.92. The van der Waals surface area contributed by atoms with Crippen LogP contribution in [-0.2, 0) is 19.1 Å². The molecule has 2 aliphatic heterocycles. The Morgan fingerprint density at radius 2 is 2.00 bits per heavy atom. The Labute approximate surface area is 174 Å². The number of rotatable bonds is 4. The maximum absolute atomic E-state index is 12.9. The molecule has 0 bridgehead atoms. The molecular formula is C21H26N2O7. The fourth-order valence-electron chi connectivity index (χ4n) is 3.78. The van der Waals surface area contributed by atoms with Crippen molar-refractivity contribution in [3.05, 3.63) is 45.7 Å². The van der Waals surface area contributed by atoms with Crippen LogP contribution in [0.1, 0.15) is 53.1 Å². The van der Waals surface area contributed by atoms with Crippen LogP contribution in [-0.4, -0.2) is 45.6 Å². The Hall–Kier alpha value is -3.10.